The van der Waals surface area contributed by atoms with E-state index in [9.17, 15) is 29.2 Å². The summed E-state index contributed by atoms with van der Waals surface area (Å²) in [7, 11) is 4.46. The molecule has 0 radical (unpaired) electrons. The number of Topliss-reactive ketones (excluding diaryl/α,β-unsaturated/α-hetero) is 4. The number of likely N-dealkylation sites (N-methyl/N-ethyl adjacent to an activating group) is 1. The molecule has 0 aromatic carbocycles. The van der Waals surface area contributed by atoms with Crippen molar-refractivity contribution in [3.63, 3.8) is 0 Å². The van der Waals surface area contributed by atoms with Crippen LogP contribution in [0.15, 0.2) is 45.0 Å². The first-order valence-corrected chi connectivity index (χ1v) is 13.6. The minimum atomic E-state index is -0.944. The summed E-state index contributed by atoms with van der Waals surface area (Å²) >= 11 is 0. The molecule has 2 aliphatic carbocycles. The molecule has 0 aromatic heterocycles. The van der Waals surface area contributed by atoms with Crippen molar-refractivity contribution < 1.29 is 38.2 Å². The summed E-state index contributed by atoms with van der Waals surface area (Å²) in [6.45, 7) is 6.16. The number of rotatable bonds is 5. The number of carbonyl (C=O) groups excluding carboxylic acids is 5. The van der Waals surface area contributed by atoms with Gasteiger partial charge in [-0.1, -0.05) is 13.8 Å². The predicted octanol–water partition coefficient (Wildman–Crippen LogP) is 1.34. The van der Waals surface area contributed by atoms with Gasteiger partial charge in [0.1, 0.15) is 12.6 Å². The lowest BCUT2D eigenvalue weighted by Crippen LogP contribution is -2.74. The average Bonchev–Trinajstić information content (AvgIpc) is 2.93. The van der Waals surface area contributed by atoms with Crippen molar-refractivity contribution in [2.45, 2.75) is 70.7 Å². The highest BCUT2D eigenvalue weighted by atomic mass is 16.5. The summed E-state index contributed by atoms with van der Waals surface area (Å²) in [5, 5.41) is 10.5. The van der Waals surface area contributed by atoms with E-state index in [1.165, 1.54) is 21.1 Å². The summed E-state index contributed by atoms with van der Waals surface area (Å²) in [5.74, 6) is -2.62. The molecular weight excluding hydrogens is 530 g/mol. The van der Waals surface area contributed by atoms with Crippen molar-refractivity contribution in [3.8, 4) is 6.07 Å². The fourth-order valence-corrected chi connectivity index (χ4v) is 7.10. The Kier molecular flexibility index (Phi) is 7.12. The Morgan fingerprint density at radius 3 is 1.93 bits per heavy atom. The normalized spacial score (nSPS) is 30.4. The molecule has 11 heteroatoms. The highest BCUT2D eigenvalue weighted by Gasteiger charge is 2.60. The highest BCUT2D eigenvalue weighted by molar-refractivity contribution is 6.26. The zero-order valence-corrected chi connectivity index (χ0v) is 24.2. The highest BCUT2D eigenvalue weighted by Crippen LogP contribution is 2.49. The van der Waals surface area contributed by atoms with Gasteiger partial charge >= 0.3 is 5.97 Å². The van der Waals surface area contributed by atoms with Gasteiger partial charge in [0.25, 0.3) is 0 Å². The molecular formula is C30H33N3O8. The van der Waals surface area contributed by atoms with Crippen molar-refractivity contribution in [2.24, 2.45) is 5.92 Å². The molecule has 1 saturated heterocycles. The van der Waals surface area contributed by atoms with Gasteiger partial charge in [-0.15, -0.1) is 0 Å². The maximum Gasteiger partial charge on any atom is 0.308 e. The zero-order valence-electron chi connectivity index (χ0n) is 24.2. The van der Waals surface area contributed by atoms with E-state index in [2.05, 4.69) is 6.07 Å². The number of methoxy groups -OCH3 is 2. The van der Waals surface area contributed by atoms with Gasteiger partial charge < -0.3 is 14.2 Å². The molecule has 0 N–H and O–H groups in total. The van der Waals surface area contributed by atoms with Crippen molar-refractivity contribution in [1.29, 1.82) is 5.26 Å². The second kappa shape index (κ2) is 10.2. The number of nitriles is 1. The molecule has 3 heterocycles. The molecule has 3 aliphatic heterocycles. The zero-order chi connectivity index (χ0) is 30.1. The Balaban J connectivity index is 1.71. The quantitative estimate of drug-likeness (QED) is 0.353. The molecule has 5 rings (SSSR count). The van der Waals surface area contributed by atoms with E-state index >= 15 is 0 Å². The third kappa shape index (κ3) is 3.95. The number of fused-ring (bicyclic) bond motifs is 5. The molecule has 0 spiro atoms. The van der Waals surface area contributed by atoms with Crippen LogP contribution in [0.3, 0.4) is 0 Å². The number of piperazine rings is 1. The van der Waals surface area contributed by atoms with Crippen molar-refractivity contribution in [1.82, 2.24) is 9.80 Å². The molecule has 41 heavy (non-hydrogen) atoms. The molecule has 2 bridgehead atoms. The standard InChI is InChI=1S/C30H33N3O8/c1-12(2)30(38)41-11-20-21-15(24(34)13(3)28(39-6)26(21)36)9-18-23-22-16(25(35)14(4)29(40-7)27(22)37)8-17(32(23)5)19(10-31)33(18)20/h12,17-20,23H,8-9,11H2,1-7H3/t17-,18-,19-,20-,23-/m0/s1. The van der Waals surface area contributed by atoms with Crippen molar-refractivity contribution in [3.05, 3.63) is 45.0 Å². The number of carbonyl (C=O) groups is 5. The molecule has 11 nitrogen and oxygen atoms in total. The summed E-state index contributed by atoms with van der Waals surface area (Å²) < 4.78 is 16.3. The molecule has 5 atom stereocenters. The SMILES string of the molecule is COC1=C(C)C(=O)C2=C(C1=O)[C@@H]1[C@@H]3CC4=C(C(=O)C(OC)=C(C)C4=O)[C@H](COC(=O)C(C)C)N3[C@@H](C#N)[C@H](C2)N1C. The van der Waals surface area contributed by atoms with Crippen LogP contribution in [0.25, 0.3) is 0 Å². The first kappa shape index (κ1) is 28.6. The second-order valence-electron chi connectivity index (χ2n) is 11.4. The smallest absolute Gasteiger partial charge is 0.308 e. The first-order valence-electron chi connectivity index (χ1n) is 13.6. The fraction of sp³-hybridized carbons (Fsp3) is 0.533. The van der Waals surface area contributed by atoms with E-state index in [4.69, 9.17) is 14.2 Å². The Morgan fingerprint density at radius 1 is 0.902 bits per heavy atom. The lowest BCUT2D eigenvalue weighted by molar-refractivity contribution is -0.151. The van der Waals surface area contributed by atoms with Gasteiger partial charge in [0.2, 0.25) is 11.6 Å². The molecule has 0 amide bonds. The Bertz CT molecular complexity index is 1470. The summed E-state index contributed by atoms with van der Waals surface area (Å²) in [6, 6.07) is -1.27. The third-order valence-corrected chi connectivity index (χ3v) is 9.07. The summed E-state index contributed by atoms with van der Waals surface area (Å²) in [6.07, 6.45) is 0.189. The molecule has 0 aromatic rings. The lowest BCUT2D eigenvalue weighted by Gasteiger charge is -2.60. The van der Waals surface area contributed by atoms with Crippen LogP contribution in [-0.2, 0) is 38.2 Å². The number of hydrogen-bond acceptors (Lipinski definition) is 11. The van der Waals surface area contributed by atoms with Gasteiger partial charge in [0, 0.05) is 45.5 Å². The third-order valence-electron chi connectivity index (χ3n) is 9.07. The van der Waals surface area contributed by atoms with Crippen LogP contribution in [0.5, 0.6) is 0 Å². The van der Waals surface area contributed by atoms with Crippen LogP contribution in [0, 0.1) is 17.2 Å². The summed E-state index contributed by atoms with van der Waals surface area (Å²) in [4.78, 5) is 71.0. The lowest BCUT2D eigenvalue weighted by atomic mass is 9.67. The van der Waals surface area contributed by atoms with E-state index in [0.717, 1.165) is 0 Å². The monoisotopic (exact) mass is 563 g/mol. The van der Waals surface area contributed by atoms with Gasteiger partial charge in [-0.2, -0.15) is 5.26 Å². The van der Waals surface area contributed by atoms with Crippen LogP contribution >= 0.6 is 0 Å². The van der Waals surface area contributed by atoms with E-state index in [-0.39, 0.29) is 70.4 Å². The largest absolute Gasteiger partial charge is 0.492 e. The van der Waals surface area contributed by atoms with Crippen LogP contribution in [0.1, 0.15) is 40.5 Å². The maximum absolute atomic E-state index is 13.8. The molecule has 0 unspecified atom stereocenters. The minimum Gasteiger partial charge on any atom is -0.492 e. The topological polar surface area (TPSA) is 143 Å². The van der Waals surface area contributed by atoms with Crippen molar-refractivity contribution >= 4 is 29.1 Å². The fourth-order valence-electron chi connectivity index (χ4n) is 7.10. The van der Waals surface area contributed by atoms with Crippen LogP contribution in [0.2, 0.25) is 0 Å². The Morgan fingerprint density at radius 2 is 1.41 bits per heavy atom. The van der Waals surface area contributed by atoms with Gasteiger partial charge in [-0.25, -0.2) is 0 Å². The minimum absolute atomic E-state index is 0.0277. The number of hydrogen-bond donors (Lipinski definition) is 0. The van der Waals surface area contributed by atoms with Gasteiger partial charge in [0.15, 0.2) is 23.1 Å². The number of allylic oxidation sites excluding steroid dienone is 4. The number of esters is 1. The van der Waals surface area contributed by atoms with Gasteiger partial charge in [-0.05, 0) is 33.7 Å². The predicted molar refractivity (Wildman–Crippen MR) is 143 cm³/mol. The molecule has 5 aliphatic rings. The number of ketones is 4. The van der Waals surface area contributed by atoms with E-state index in [1.807, 2.05) is 9.80 Å². The van der Waals surface area contributed by atoms with Gasteiger partial charge in [-0.3, -0.25) is 33.8 Å². The number of ether oxygens (including phenoxy) is 3. The molecule has 216 valence electrons. The second-order valence-corrected chi connectivity index (χ2v) is 11.4. The van der Waals surface area contributed by atoms with E-state index in [1.54, 1.807) is 27.8 Å². The van der Waals surface area contributed by atoms with Crippen LogP contribution in [-0.4, -0.2) is 97.0 Å². The van der Waals surface area contributed by atoms with Crippen molar-refractivity contribution in [2.75, 3.05) is 27.9 Å². The number of nitrogens with zero attached hydrogens (tertiary/aromatic N) is 3. The van der Waals surface area contributed by atoms with Gasteiger partial charge in [0.05, 0.1) is 38.3 Å². The Hall–Kier alpha value is -3.88. The summed E-state index contributed by atoms with van der Waals surface area (Å²) in [5.41, 5.74) is 1.40. The van der Waals surface area contributed by atoms with E-state index < -0.39 is 53.7 Å². The molecule has 0 saturated carbocycles. The first-order chi connectivity index (χ1) is 19.4. The van der Waals surface area contributed by atoms with Crippen LogP contribution < -0.4 is 0 Å². The van der Waals surface area contributed by atoms with E-state index in [0.29, 0.717) is 5.57 Å². The molecule has 1 fully saturated rings. The van der Waals surface area contributed by atoms with Crippen LogP contribution in [0.4, 0.5) is 0 Å². The average molecular weight is 564 g/mol. The maximum atomic E-state index is 13.8. The Labute approximate surface area is 238 Å².